The van der Waals surface area contributed by atoms with Crippen LogP contribution in [0.4, 0.5) is 0 Å². The van der Waals surface area contributed by atoms with Gasteiger partial charge in [-0.3, -0.25) is 4.79 Å². The highest BCUT2D eigenvalue weighted by molar-refractivity contribution is 7.91. The summed E-state index contributed by atoms with van der Waals surface area (Å²) in [5, 5.41) is 2.93. The first kappa shape index (κ1) is 16.4. The van der Waals surface area contributed by atoms with Crippen molar-refractivity contribution >= 4 is 15.8 Å². The van der Waals surface area contributed by atoms with E-state index < -0.39 is 9.84 Å². The molecule has 0 aromatic rings. The lowest BCUT2D eigenvalue weighted by molar-refractivity contribution is -0.145. The number of rotatable bonds is 7. The highest BCUT2D eigenvalue weighted by Gasteiger charge is 2.31. The molecule has 1 fully saturated rings. The average molecular weight is 292 g/mol. The summed E-state index contributed by atoms with van der Waals surface area (Å²) in [6, 6.07) is -0.259. The van der Waals surface area contributed by atoms with Crippen molar-refractivity contribution in [2.75, 3.05) is 38.8 Å². The minimum atomic E-state index is -2.86. The van der Waals surface area contributed by atoms with E-state index in [1.54, 1.807) is 14.0 Å². The number of carbonyl (C=O) groups excluding carboxylic acids is 1. The maximum atomic E-state index is 11.6. The first-order valence-corrected chi connectivity index (χ1v) is 8.46. The second-order valence-corrected chi connectivity index (χ2v) is 7.15. The number of carbonyl (C=O) groups is 1. The first-order valence-electron chi connectivity index (χ1n) is 6.64. The van der Waals surface area contributed by atoms with Crippen molar-refractivity contribution < 1.29 is 17.9 Å². The van der Waals surface area contributed by atoms with E-state index in [2.05, 4.69) is 5.32 Å². The van der Waals surface area contributed by atoms with Gasteiger partial charge in [-0.25, -0.2) is 8.42 Å². The topological polar surface area (TPSA) is 75.7 Å². The third-order valence-corrected chi connectivity index (χ3v) is 5.27. The Bertz CT molecular complexity index is 397. The van der Waals surface area contributed by atoms with Gasteiger partial charge in [0.1, 0.15) is 6.04 Å². The predicted molar refractivity (Wildman–Crippen MR) is 73.8 cm³/mol. The summed E-state index contributed by atoms with van der Waals surface area (Å²) in [5.74, 6) is 0.250. The van der Waals surface area contributed by atoms with Crippen LogP contribution >= 0.6 is 0 Å². The van der Waals surface area contributed by atoms with Gasteiger partial charge in [0.2, 0.25) is 0 Å². The van der Waals surface area contributed by atoms with Crippen molar-refractivity contribution in [2.45, 2.75) is 31.8 Å². The number of nitrogens with one attached hydrogen (secondary N) is 1. The molecule has 2 atom stereocenters. The SMILES string of the molecule is CCOC(=O)C(CCN(C)C1CCS(=O)(=O)C1)NC. The number of esters is 1. The fourth-order valence-corrected chi connectivity index (χ4v) is 4.07. The molecule has 1 heterocycles. The smallest absolute Gasteiger partial charge is 0.323 e. The van der Waals surface area contributed by atoms with Gasteiger partial charge >= 0.3 is 5.97 Å². The number of nitrogens with zero attached hydrogens (tertiary/aromatic N) is 1. The first-order chi connectivity index (χ1) is 8.89. The summed E-state index contributed by atoms with van der Waals surface area (Å²) < 4.78 is 27.8. The molecule has 1 saturated heterocycles. The molecule has 0 aromatic heterocycles. The minimum absolute atomic E-state index is 0.0738. The van der Waals surface area contributed by atoms with Crippen LogP contribution in [0.15, 0.2) is 0 Å². The van der Waals surface area contributed by atoms with Gasteiger partial charge in [0.05, 0.1) is 18.1 Å². The highest BCUT2D eigenvalue weighted by Crippen LogP contribution is 2.16. The van der Waals surface area contributed by atoms with E-state index in [9.17, 15) is 13.2 Å². The van der Waals surface area contributed by atoms with E-state index in [1.165, 1.54) is 0 Å². The monoisotopic (exact) mass is 292 g/mol. The lowest BCUT2D eigenvalue weighted by Crippen LogP contribution is -2.41. The zero-order valence-corrected chi connectivity index (χ0v) is 12.7. The maximum Gasteiger partial charge on any atom is 0.323 e. The molecule has 0 saturated carbocycles. The molecular formula is C12H24N2O4S. The molecule has 0 amide bonds. The van der Waals surface area contributed by atoms with Crippen molar-refractivity contribution in [3.05, 3.63) is 0 Å². The molecule has 0 aromatic carbocycles. The second kappa shape index (κ2) is 7.21. The maximum absolute atomic E-state index is 11.6. The predicted octanol–water partition coefficient (Wildman–Crippen LogP) is -0.353. The van der Waals surface area contributed by atoms with Crippen LogP contribution in [0.2, 0.25) is 0 Å². The molecular weight excluding hydrogens is 268 g/mol. The fourth-order valence-electron chi connectivity index (χ4n) is 2.26. The summed E-state index contributed by atoms with van der Waals surface area (Å²) >= 11 is 0. The number of ether oxygens (including phenoxy) is 1. The van der Waals surface area contributed by atoms with Gasteiger partial charge in [-0.05, 0) is 33.9 Å². The standard InChI is InChI=1S/C12H24N2O4S/c1-4-18-12(15)11(13-2)5-7-14(3)10-6-8-19(16,17)9-10/h10-11,13H,4-9H2,1-3H3. The summed E-state index contributed by atoms with van der Waals surface area (Å²) in [6.07, 6.45) is 1.30. The summed E-state index contributed by atoms with van der Waals surface area (Å²) in [7, 11) is 0.771. The molecule has 2 unspecified atom stereocenters. The molecule has 1 N–H and O–H groups in total. The van der Waals surface area contributed by atoms with Crippen LogP contribution in [0, 0.1) is 0 Å². The summed E-state index contributed by atoms with van der Waals surface area (Å²) in [4.78, 5) is 13.6. The van der Waals surface area contributed by atoms with Crippen LogP contribution in [-0.2, 0) is 19.4 Å². The normalized spacial score (nSPS) is 23.5. The second-order valence-electron chi connectivity index (χ2n) is 4.92. The van der Waals surface area contributed by atoms with Gasteiger partial charge in [-0.15, -0.1) is 0 Å². The van der Waals surface area contributed by atoms with Gasteiger partial charge in [-0.1, -0.05) is 0 Å². The highest BCUT2D eigenvalue weighted by atomic mass is 32.2. The molecule has 112 valence electrons. The van der Waals surface area contributed by atoms with Gasteiger partial charge in [-0.2, -0.15) is 0 Å². The molecule has 1 aliphatic rings. The molecule has 19 heavy (non-hydrogen) atoms. The Labute approximate surface area is 115 Å². The quantitative estimate of drug-likeness (QED) is 0.646. The lowest BCUT2D eigenvalue weighted by Gasteiger charge is -2.25. The molecule has 1 aliphatic heterocycles. The van der Waals surface area contributed by atoms with E-state index in [4.69, 9.17) is 4.74 Å². The zero-order valence-electron chi connectivity index (χ0n) is 11.9. The van der Waals surface area contributed by atoms with Crippen LogP contribution in [0.25, 0.3) is 0 Å². The third-order valence-electron chi connectivity index (χ3n) is 3.52. The van der Waals surface area contributed by atoms with Gasteiger partial charge in [0.25, 0.3) is 0 Å². The largest absolute Gasteiger partial charge is 0.465 e. The van der Waals surface area contributed by atoms with E-state index in [1.807, 2.05) is 11.9 Å². The van der Waals surface area contributed by atoms with Gasteiger partial charge in [0, 0.05) is 12.6 Å². The molecule has 0 radical (unpaired) electrons. The van der Waals surface area contributed by atoms with Gasteiger partial charge in [0.15, 0.2) is 9.84 Å². The molecule has 0 bridgehead atoms. The van der Waals surface area contributed by atoms with Crippen molar-refractivity contribution in [1.82, 2.24) is 10.2 Å². The number of likely N-dealkylation sites (N-methyl/N-ethyl adjacent to an activating group) is 1. The number of sulfone groups is 1. The van der Waals surface area contributed by atoms with E-state index >= 15 is 0 Å². The Morgan fingerprint density at radius 2 is 2.21 bits per heavy atom. The van der Waals surface area contributed by atoms with Crippen LogP contribution in [0.5, 0.6) is 0 Å². The van der Waals surface area contributed by atoms with Crippen LogP contribution < -0.4 is 5.32 Å². The van der Waals surface area contributed by atoms with Crippen molar-refractivity contribution in [1.29, 1.82) is 0 Å². The zero-order chi connectivity index (χ0) is 14.5. The van der Waals surface area contributed by atoms with E-state index in [-0.39, 0.29) is 29.6 Å². The fraction of sp³-hybridized carbons (Fsp3) is 0.917. The Kier molecular flexibility index (Phi) is 6.22. The summed E-state index contributed by atoms with van der Waals surface area (Å²) in [6.45, 7) is 2.82. The Morgan fingerprint density at radius 1 is 1.53 bits per heavy atom. The molecule has 0 spiro atoms. The summed E-state index contributed by atoms with van der Waals surface area (Å²) in [5.41, 5.74) is 0. The Morgan fingerprint density at radius 3 is 2.68 bits per heavy atom. The number of hydrogen-bond donors (Lipinski definition) is 1. The van der Waals surface area contributed by atoms with Crippen LogP contribution in [-0.4, -0.2) is 70.1 Å². The van der Waals surface area contributed by atoms with Gasteiger partial charge < -0.3 is 15.0 Å². The van der Waals surface area contributed by atoms with Crippen molar-refractivity contribution in [3.8, 4) is 0 Å². The van der Waals surface area contributed by atoms with Crippen LogP contribution in [0.3, 0.4) is 0 Å². The third kappa shape index (κ3) is 5.08. The van der Waals surface area contributed by atoms with E-state index in [0.29, 0.717) is 26.0 Å². The number of hydrogen-bond acceptors (Lipinski definition) is 6. The lowest BCUT2D eigenvalue weighted by atomic mass is 10.1. The van der Waals surface area contributed by atoms with Crippen molar-refractivity contribution in [3.63, 3.8) is 0 Å². The van der Waals surface area contributed by atoms with E-state index in [0.717, 1.165) is 0 Å². The van der Waals surface area contributed by atoms with Crippen LogP contribution in [0.1, 0.15) is 19.8 Å². The Hall–Kier alpha value is -0.660. The molecule has 7 heteroatoms. The minimum Gasteiger partial charge on any atom is -0.465 e. The molecule has 1 rings (SSSR count). The van der Waals surface area contributed by atoms with Crippen molar-refractivity contribution in [2.24, 2.45) is 0 Å². The Balaban J connectivity index is 2.40. The average Bonchev–Trinajstić information content (AvgIpc) is 2.70. The molecule has 6 nitrogen and oxygen atoms in total. The molecule has 0 aliphatic carbocycles.